The zero-order valence-corrected chi connectivity index (χ0v) is 18.3. The van der Waals surface area contributed by atoms with Gasteiger partial charge in [-0.15, -0.1) is 0 Å². The molecular weight excluding hydrogens is 382 g/mol. The van der Waals surface area contributed by atoms with Crippen molar-refractivity contribution in [3.05, 3.63) is 102 Å². The summed E-state index contributed by atoms with van der Waals surface area (Å²) < 4.78 is 5.24. The number of carbonyl (C=O) groups is 1. The Kier molecular flexibility index (Phi) is 6.71. The topological polar surface area (TPSA) is 29.5 Å². The lowest BCUT2D eigenvalue weighted by molar-refractivity contribution is -0.141. The highest BCUT2D eigenvalue weighted by Gasteiger charge is 2.38. The number of carbonyl (C=O) groups excluding carboxylic acids is 1. The van der Waals surface area contributed by atoms with Crippen LogP contribution in [0.2, 0.25) is 0 Å². The molecule has 0 amide bonds. The molecule has 3 heteroatoms. The average Bonchev–Trinajstić information content (AvgIpc) is 2.77. The maximum Gasteiger partial charge on any atom is 0.302 e. The Labute approximate surface area is 185 Å². The van der Waals surface area contributed by atoms with Crippen LogP contribution in [0.5, 0.6) is 0 Å². The highest BCUT2D eigenvalue weighted by atomic mass is 16.5. The first-order valence-electron chi connectivity index (χ1n) is 11.2. The minimum absolute atomic E-state index is 0.164. The Morgan fingerprint density at radius 1 is 0.839 bits per heavy atom. The number of nitrogens with zero attached hydrogens (tertiary/aromatic N) is 1. The number of esters is 1. The van der Waals surface area contributed by atoms with Crippen molar-refractivity contribution in [2.45, 2.75) is 51.1 Å². The Morgan fingerprint density at radius 3 is 1.84 bits per heavy atom. The molecule has 1 saturated carbocycles. The fraction of sp³-hybridized carbons (Fsp3) is 0.321. The second-order valence-electron chi connectivity index (χ2n) is 8.60. The molecule has 0 aromatic heterocycles. The van der Waals surface area contributed by atoms with E-state index in [1.807, 2.05) is 0 Å². The first-order chi connectivity index (χ1) is 15.1. The predicted octanol–water partition coefficient (Wildman–Crippen LogP) is 6.27. The molecule has 0 atom stereocenters. The van der Waals surface area contributed by atoms with Crippen LogP contribution in [0.15, 0.2) is 84.9 Å². The summed E-state index contributed by atoms with van der Waals surface area (Å²) in [5.41, 5.74) is 5.37. The lowest BCUT2D eigenvalue weighted by Gasteiger charge is -2.42. The third kappa shape index (κ3) is 5.35. The summed E-state index contributed by atoms with van der Waals surface area (Å²) in [4.78, 5) is 13.6. The molecule has 0 unspecified atom stereocenters. The van der Waals surface area contributed by atoms with Gasteiger partial charge in [-0.3, -0.25) is 4.79 Å². The maximum atomic E-state index is 11.2. The minimum atomic E-state index is -0.192. The summed E-state index contributed by atoms with van der Waals surface area (Å²) >= 11 is 0. The standard InChI is InChI=1S/C28H31NO2/c1-23(30)31-20-19-28(17-8-18-28)26-13-15-27(16-14-26)29(21-24-9-4-2-5-10-24)22-25-11-6-3-7-12-25/h2-7,9-16H,8,17-22H2,1H3. The molecule has 0 bridgehead atoms. The minimum Gasteiger partial charge on any atom is -0.466 e. The van der Waals surface area contributed by atoms with Crippen molar-refractivity contribution in [2.75, 3.05) is 11.5 Å². The van der Waals surface area contributed by atoms with Gasteiger partial charge in [0, 0.05) is 25.7 Å². The van der Waals surface area contributed by atoms with E-state index in [0.717, 1.165) is 19.5 Å². The van der Waals surface area contributed by atoms with Crippen LogP contribution in [0.1, 0.15) is 49.3 Å². The number of anilines is 1. The molecule has 160 valence electrons. The van der Waals surface area contributed by atoms with Crippen molar-refractivity contribution in [3.63, 3.8) is 0 Å². The largest absolute Gasteiger partial charge is 0.466 e. The number of rotatable bonds is 9. The summed E-state index contributed by atoms with van der Waals surface area (Å²) in [6, 6.07) is 30.3. The Bertz CT molecular complexity index is 921. The van der Waals surface area contributed by atoms with Crippen molar-refractivity contribution >= 4 is 11.7 Å². The van der Waals surface area contributed by atoms with Crippen molar-refractivity contribution in [3.8, 4) is 0 Å². The Morgan fingerprint density at radius 2 is 1.39 bits per heavy atom. The van der Waals surface area contributed by atoms with E-state index in [2.05, 4.69) is 89.8 Å². The predicted molar refractivity (Wildman–Crippen MR) is 126 cm³/mol. The number of ether oxygens (including phenoxy) is 1. The van der Waals surface area contributed by atoms with E-state index >= 15 is 0 Å². The first-order valence-corrected chi connectivity index (χ1v) is 11.2. The van der Waals surface area contributed by atoms with E-state index in [1.54, 1.807) is 0 Å². The van der Waals surface area contributed by atoms with Crippen molar-refractivity contribution < 1.29 is 9.53 Å². The maximum absolute atomic E-state index is 11.2. The van der Waals surface area contributed by atoms with Gasteiger partial charge in [-0.1, -0.05) is 79.2 Å². The molecule has 3 aromatic carbocycles. The first kappa shape index (κ1) is 21.2. The van der Waals surface area contributed by atoms with E-state index in [1.165, 1.54) is 48.6 Å². The van der Waals surface area contributed by atoms with Gasteiger partial charge in [-0.05, 0) is 53.5 Å². The van der Waals surface area contributed by atoms with E-state index in [9.17, 15) is 4.79 Å². The van der Waals surface area contributed by atoms with E-state index < -0.39 is 0 Å². The summed E-state index contributed by atoms with van der Waals surface area (Å²) in [5.74, 6) is -0.192. The molecule has 31 heavy (non-hydrogen) atoms. The van der Waals surface area contributed by atoms with E-state index in [-0.39, 0.29) is 11.4 Å². The van der Waals surface area contributed by atoms with Gasteiger partial charge in [-0.2, -0.15) is 0 Å². The number of hydrogen-bond acceptors (Lipinski definition) is 3. The number of hydrogen-bond donors (Lipinski definition) is 0. The molecule has 4 rings (SSSR count). The lowest BCUT2D eigenvalue weighted by Crippen LogP contribution is -2.35. The summed E-state index contributed by atoms with van der Waals surface area (Å²) in [5, 5.41) is 0. The second kappa shape index (κ2) is 9.82. The molecule has 1 aliphatic carbocycles. The van der Waals surface area contributed by atoms with Gasteiger partial charge in [0.25, 0.3) is 0 Å². The Balaban J connectivity index is 1.53. The molecule has 0 heterocycles. The van der Waals surface area contributed by atoms with Crippen LogP contribution in [0.4, 0.5) is 5.69 Å². The average molecular weight is 414 g/mol. The molecule has 0 N–H and O–H groups in total. The summed E-state index contributed by atoms with van der Waals surface area (Å²) in [7, 11) is 0. The van der Waals surface area contributed by atoms with Crippen LogP contribution < -0.4 is 4.90 Å². The van der Waals surface area contributed by atoms with Crippen molar-refractivity contribution in [2.24, 2.45) is 0 Å². The third-order valence-corrected chi connectivity index (χ3v) is 6.47. The zero-order valence-electron chi connectivity index (χ0n) is 18.3. The normalized spacial score (nSPS) is 14.5. The van der Waals surface area contributed by atoms with Crippen LogP contribution in [-0.4, -0.2) is 12.6 Å². The van der Waals surface area contributed by atoms with Crippen molar-refractivity contribution in [1.82, 2.24) is 0 Å². The van der Waals surface area contributed by atoms with E-state index in [0.29, 0.717) is 6.61 Å². The van der Waals surface area contributed by atoms with Crippen LogP contribution in [0, 0.1) is 0 Å². The molecule has 1 aliphatic rings. The quantitative estimate of drug-likeness (QED) is 0.387. The van der Waals surface area contributed by atoms with Crippen LogP contribution in [0.3, 0.4) is 0 Å². The molecule has 3 nitrogen and oxygen atoms in total. The third-order valence-electron chi connectivity index (χ3n) is 6.47. The fourth-order valence-corrected chi connectivity index (χ4v) is 4.55. The van der Waals surface area contributed by atoms with Gasteiger partial charge >= 0.3 is 5.97 Å². The summed E-state index contributed by atoms with van der Waals surface area (Å²) in [6.07, 6.45) is 4.50. The van der Waals surface area contributed by atoms with Crippen LogP contribution >= 0.6 is 0 Å². The zero-order chi connectivity index (χ0) is 21.5. The van der Waals surface area contributed by atoms with Gasteiger partial charge in [0.05, 0.1) is 6.61 Å². The van der Waals surface area contributed by atoms with Gasteiger partial charge < -0.3 is 9.64 Å². The molecule has 3 aromatic rings. The second-order valence-corrected chi connectivity index (χ2v) is 8.60. The molecule has 1 fully saturated rings. The van der Waals surface area contributed by atoms with Crippen molar-refractivity contribution in [1.29, 1.82) is 0 Å². The SMILES string of the molecule is CC(=O)OCCC1(c2ccc(N(Cc3ccccc3)Cc3ccccc3)cc2)CCC1. The molecule has 0 saturated heterocycles. The highest BCUT2D eigenvalue weighted by molar-refractivity contribution is 5.65. The van der Waals surface area contributed by atoms with E-state index in [4.69, 9.17) is 4.74 Å². The van der Waals surface area contributed by atoms with Crippen LogP contribution in [-0.2, 0) is 28.0 Å². The Hall–Kier alpha value is -3.07. The van der Waals surface area contributed by atoms with Gasteiger partial charge in [0.1, 0.15) is 0 Å². The van der Waals surface area contributed by atoms with Gasteiger partial charge in [0.15, 0.2) is 0 Å². The summed E-state index contributed by atoms with van der Waals surface area (Å²) in [6.45, 7) is 3.72. The highest BCUT2D eigenvalue weighted by Crippen LogP contribution is 2.46. The van der Waals surface area contributed by atoms with Gasteiger partial charge in [0.2, 0.25) is 0 Å². The lowest BCUT2D eigenvalue weighted by atomic mass is 9.63. The van der Waals surface area contributed by atoms with Crippen LogP contribution in [0.25, 0.3) is 0 Å². The molecular formula is C28H31NO2. The monoisotopic (exact) mass is 413 g/mol. The number of benzene rings is 3. The van der Waals surface area contributed by atoms with Gasteiger partial charge in [-0.25, -0.2) is 0 Å². The smallest absolute Gasteiger partial charge is 0.302 e. The molecule has 0 spiro atoms. The molecule has 0 radical (unpaired) electrons. The fourth-order valence-electron chi connectivity index (χ4n) is 4.55. The molecule has 0 aliphatic heterocycles.